The SMILES string of the molecule is Cc1nn(-c2ccccc2)c(C)c1CN(C)Cc1nc2ccccc2c(=O)[nH]1. The number of hydrogen-bond donors (Lipinski definition) is 1. The molecule has 4 rings (SSSR count). The molecule has 2 aromatic heterocycles. The van der Waals surface area contributed by atoms with Gasteiger partial charge >= 0.3 is 0 Å². The van der Waals surface area contributed by atoms with Gasteiger partial charge in [-0.25, -0.2) is 9.67 Å². The molecule has 0 aliphatic rings. The Bertz CT molecular complexity index is 1180. The number of aromatic amines is 1. The zero-order valence-corrected chi connectivity index (χ0v) is 16.3. The standard InChI is InChI=1S/C22H23N5O/c1-15-19(16(2)27(25-15)17-9-5-4-6-10-17)13-26(3)14-21-23-20-12-8-7-11-18(20)22(28)24-21/h4-12H,13-14H2,1-3H3,(H,23,24,28). The maximum atomic E-state index is 12.3. The molecule has 0 saturated heterocycles. The van der Waals surface area contributed by atoms with Crippen molar-refractivity contribution in [1.29, 1.82) is 0 Å². The van der Waals surface area contributed by atoms with Gasteiger partial charge in [0.1, 0.15) is 5.82 Å². The highest BCUT2D eigenvalue weighted by Gasteiger charge is 2.15. The summed E-state index contributed by atoms with van der Waals surface area (Å²) in [5.74, 6) is 0.664. The quantitative estimate of drug-likeness (QED) is 0.583. The van der Waals surface area contributed by atoms with Crippen molar-refractivity contribution in [2.75, 3.05) is 7.05 Å². The van der Waals surface area contributed by atoms with Gasteiger partial charge in [-0.1, -0.05) is 30.3 Å². The number of aryl methyl sites for hydroxylation is 1. The highest BCUT2D eigenvalue weighted by Crippen LogP contribution is 2.19. The Hall–Kier alpha value is -3.25. The number of nitrogens with one attached hydrogen (secondary N) is 1. The van der Waals surface area contributed by atoms with Gasteiger partial charge in [-0.15, -0.1) is 0 Å². The van der Waals surface area contributed by atoms with Crippen LogP contribution >= 0.6 is 0 Å². The first kappa shape index (κ1) is 18.1. The number of benzene rings is 2. The topological polar surface area (TPSA) is 66.8 Å². The zero-order valence-electron chi connectivity index (χ0n) is 16.3. The average molecular weight is 373 g/mol. The molecule has 0 atom stereocenters. The lowest BCUT2D eigenvalue weighted by molar-refractivity contribution is 0.309. The third-order valence-electron chi connectivity index (χ3n) is 4.95. The normalized spacial score (nSPS) is 11.4. The van der Waals surface area contributed by atoms with E-state index in [9.17, 15) is 4.79 Å². The Balaban J connectivity index is 1.57. The number of aromatic nitrogens is 4. The van der Waals surface area contributed by atoms with Crippen LogP contribution in [0.3, 0.4) is 0 Å². The first-order valence-corrected chi connectivity index (χ1v) is 9.30. The Morgan fingerprint density at radius 2 is 1.71 bits per heavy atom. The average Bonchev–Trinajstić information content (AvgIpc) is 2.97. The second kappa shape index (κ2) is 7.40. The van der Waals surface area contributed by atoms with Gasteiger partial charge in [-0.05, 0) is 45.2 Å². The number of rotatable bonds is 5. The van der Waals surface area contributed by atoms with Crippen molar-refractivity contribution < 1.29 is 0 Å². The van der Waals surface area contributed by atoms with Crippen molar-refractivity contribution in [3.63, 3.8) is 0 Å². The molecule has 0 radical (unpaired) electrons. The zero-order chi connectivity index (χ0) is 19.7. The Kier molecular flexibility index (Phi) is 4.79. The molecule has 0 aliphatic heterocycles. The second-order valence-electron chi connectivity index (χ2n) is 7.10. The van der Waals surface area contributed by atoms with Crippen molar-refractivity contribution in [1.82, 2.24) is 24.6 Å². The summed E-state index contributed by atoms with van der Waals surface area (Å²) >= 11 is 0. The van der Waals surface area contributed by atoms with Crippen LogP contribution in [-0.2, 0) is 13.1 Å². The predicted molar refractivity (Wildman–Crippen MR) is 111 cm³/mol. The second-order valence-corrected chi connectivity index (χ2v) is 7.10. The Labute approximate surface area is 163 Å². The van der Waals surface area contributed by atoms with E-state index in [4.69, 9.17) is 5.10 Å². The summed E-state index contributed by atoms with van der Waals surface area (Å²) in [5, 5.41) is 5.33. The minimum atomic E-state index is -0.0988. The third-order valence-corrected chi connectivity index (χ3v) is 4.95. The minimum absolute atomic E-state index is 0.0988. The van der Waals surface area contributed by atoms with Crippen LogP contribution in [-0.4, -0.2) is 31.7 Å². The van der Waals surface area contributed by atoms with Gasteiger partial charge < -0.3 is 4.98 Å². The lowest BCUT2D eigenvalue weighted by Crippen LogP contribution is -2.22. The van der Waals surface area contributed by atoms with Gasteiger partial charge in [-0.3, -0.25) is 9.69 Å². The fraction of sp³-hybridized carbons (Fsp3) is 0.227. The molecular weight excluding hydrogens is 350 g/mol. The Morgan fingerprint density at radius 1 is 1.00 bits per heavy atom. The number of nitrogens with zero attached hydrogens (tertiary/aromatic N) is 4. The molecule has 0 amide bonds. The molecule has 6 heteroatoms. The van der Waals surface area contributed by atoms with Crippen molar-refractivity contribution >= 4 is 10.9 Å². The van der Waals surface area contributed by atoms with E-state index in [0.29, 0.717) is 17.8 Å². The van der Waals surface area contributed by atoms with Crippen LogP contribution in [0, 0.1) is 13.8 Å². The smallest absolute Gasteiger partial charge is 0.258 e. The summed E-state index contributed by atoms with van der Waals surface area (Å²) in [7, 11) is 2.02. The lowest BCUT2D eigenvalue weighted by atomic mass is 10.2. The van der Waals surface area contributed by atoms with Crippen LogP contribution in [0.15, 0.2) is 59.4 Å². The summed E-state index contributed by atoms with van der Waals surface area (Å²) in [6.07, 6.45) is 0. The van der Waals surface area contributed by atoms with Crippen molar-refractivity contribution in [3.05, 3.63) is 87.7 Å². The molecule has 28 heavy (non-hydrogen) atoms. The first-order chi connectivity index (χ1) is 13.5. The van der Waals surface area contributed by atoms with Crippen LogP contribution in [0.1, 0.15) is 22.8 Å². The molecule has 6 nitrogen and oxygen atoms in total. The molecular formula is C22H23N5O. The van der Waals surface area contributed by atoms with Gasteiger partial charge in [0.25, 0.3) is 5.56 Å². The molecule has 142 valence electrons. The van der Waals surface area contributed by atoms with Gasteiger partial charge in [0.05, 0.1) is 28.8 Å². The summed E-state index contributed by atoms with van der Waals surface area (Å²) < 4.78 is 1.98. The van der Waals surface area contributed by atoms with E-state index in [-0.39, 0.29) is 5.56 Å². The third kappa shape index (κ3) is 3.46. The highest BCUT2D eigenvalue weighted by molar-refractivity contribution is 5.77. The lowest BCUT2D eigenvalue weighted by Gasteiger charge is -2.16. The number of H-pyrrole nitrogens is 1. The van der Waals surface area contributed by atoms with Crippen molar-refractivity contribution in [3.8, 4) is 5.69 Å². The van der Waals surface area contributed by atoms with Crippen LogP contribution in [0.25, 0.3) is 16.6 Å². The maximum absolute atomic E-state index is 12.3. The molecule has 0 bridgehead atoms. The fourth-order valence-electron chi connectivity index (χ4n) is 3.52. The van der Waals surface area contributed by atoms with Crippen LogP contribution in [0.5, 0.6) is 0 Å². The molecule has 0 unspecified atom stereocenters. The number of para-hydroxylation sites is 2. The molecule has 0 aliphatic carbocycles. The van der Waals surface area contributed by atoms with E-state index >= 15 is 0 Å². The van der Waals surface area contributed by atoms with E-state index in [1.807, 2.05) is 55.1 Å². The van der Waals surface area contributed by atoms with Crippen LogP contribution in [0.4, 0.5) is 0 Å². The maximum Gasteiger partial charge on any atom is 0.258 e. The summed E-state index contributed by atoms with van der Waals surface area (Å²) in [6.45, 7) is 5.40. The van der Waals surface area contributed by atoms with E-state index in [2.05, 4.69) is 33.9 Å². The van der Waals surface area contributed by atoms with E-state index in [1.165, 1.54) is 5.56 Å². The highest BCUT2D eigenvalue weighted by atomic mass is 16.1. The van der Waals surface area contributed by atoms with Gasteiger partial charge in [0.15, 0.2) is 0 Å². The van der Waals surface area contributed by atoms with Gasteiger partial charge in [0.2, 0.25) is 0 Å². The van der Waals surface area contributed by atoms with Crippen molar-refractivity contribution in [2.45, 2.75) is 26.9 Å². The molecule has 4 aromatic rings. The molecule has 0 saturated carbocycles. The molecule has 1 N–H and O–H groups in total. The summed E-state index contributed by atoms with van der Waals surface area (Å²) in [6, 6.07) is 17.5. The van der Waals surface area contributed by atoms with E-state index in [1.54, 1.807) is 6.07 Å². The first-order valence-electron chi connectivity index (χ1n) is 9.30. The van der Waals surface area contributed by atoms with Gasteiger partial charge in [0, 0.05) is 17.8 Å². The number of hydrogen-bond acceptors (Lipinski definition) is 4. The predicted octanol–water partition coefficient (Wildman–Crippen LogP) is 3.36. The molecule has 2 aromatic carbocycles. The summed E-state index contributed by atoms with van der Waals surface area (Å²) in [4.78, 5) is 21.9. The fourth-order valence-corrected chi connectivity index (χ4v) is 3.52. The van der Waals surface area contributed by atoms with E-state index < -0.39 is 0 Å². The number of fused-ring (bicyclic) bond motifs is 1. The van der Waals surface area contributed by atoms with E-state index in [0.717, 1.165) is 29.1 Å². The molecule has 2 heterocycles. The largest absolute Gasteiger partial charge is 0.309 e. The van der Waals surface area contributed by atoms with Crippen LogP contribution in [0.2, 0.25) is 0 Å². The molecule has 0 spiro atoms. The van der Waals surface area contributed by atoms with Crippen molar-refractivity contribution in [2.24, 2.45) is 0 Å². The monoisotopic (exact) mass is 373 g/mol. The minimum Gasteiger partial charge on any atom is -0.309 e. The Morgan fingerprint density at radius 3 is 2.50 bits per heavy atom. The van der Waals surface area contributed by atoms with Crippen LogP contribution < -0.4 is 5.56 Å². The molecule has 0 fully saturated rings. The van der Waals surface area contributed by atoms with Gasteiger partial charge in [-0.2, -0.15) is 5.10 Å². The summed E-state index contributed by atoms with van der Waals surface area (Å²) in [5.41, 5.74) is 4.99.